The standard InChI is InChI=1S/C19H31BrN4O2/c1-6-14(2)23-19(22-13-18(25)24(3)4)21-11-7-8-15-9-10-16(20)12-17(15)26-5/h9-10,12,14H,6-8,11,13H2,1-5H3,(H2,21,22,23). The van der Waals surface area contributed by atoms with Gasteiger partial charge in [0.2, 0.25) is 5.91 Å². The van der Waals surface area contributed by atoms with Crippen LogP contribution >= 0.6 is 15.9 Å². The molecular formula is C19H31BrN4O2. The lowest BCUT2D eigenvalue weighted by molar-refractivity contribution is -0.127. The van der Waals surface area contributed by atoms with E-state index in [2.05, 4.69) is 51.5 Å². The molecule has 6 nitrogen and oxygen atoms in total. The molecule has 26 heavy (non-hydrogen) atoms. The molecule has 146 valence electrons. The van der Waals surface area contributed by atoms with E-state index in [0.29, 0.717) is 12.0 Å². The zero-order valence-electron chi connectivity index (χ0n) is 16.4. The Labute approximate surface area is 165 Å². The Morgan fingerprint density at radius 2 is 2.12 bits per heavy atom. The molecule has 0 heterocycles. The van der Waals surface area contributed by atoms with Gasteiger partial charge in [0, 0.05) is 31.2 Å². The number of rotatable bonds is 9. The van der Waals surface area contributed by atoms with Gasteiger partial charge in [-0.1, -0.05) is 28.9 Å². The highest BCUT2D eigenvalue weighted by Gasteiger charge is 2.08. The van der Waals surface area contributed by atoms with Gasteiger partial charge in [-0.3, -0.25) is 4.79 Å². The molecule has 7 heteroatoms. The number of halogens is 1. The van der Waals surface area contributed by atoms with Crippen LogP contribution in [0.25, 0.3) is 0 Å². The molecule has 0 aromatic heterocycles. The smallest absolute Gasteiger partial charge is 0.243 e. The summed E-state index contributed by atoms with van der Waals surface area (Å²) in [6.45, 7) is 5.11. The van der Waals surface area contributed by atoms with Crippen molar-refractivity contribution in [3.63, 3.8) is 0 Å². The number of nitrogens with one attached hydrogen (secondary N) is 2. The maximum absolute atomic E-state index is 11.8. The normalized spacial score (nSPS) is 12.5. The van der Waals surface area contributed by atoms with E-state index in [1.54, 1.807) is 26.1 Å². The quantitative estimate of drug-likeness (QED) is 0.362. The number of carbonyl (C=O) groups is 1. The van der Waals surface area contributed by atoms with Gasteiger partial charge >= 0.3 is 0 Å². The molecule has 1 unspecified atom stereocenters. The summed E-state index contributed by atoms with van der Waals surface area (Å²) in [6, 6.07) is 6.37. The number of ether oxygens (including phenoxy) is 1. The van der Waals surface area contributed by atoms with Crippen LogP contribution in [0.15, 0.2) is 27.7 Å². The van der Waals surface area contributed by atoms with Gasteiger partial charge in [0.1, 0.15) is 12.3 Å². The van der Waals surface area contributed by atoms with Gasteiger partial charge in [-0.2, -0.15) is 0 Å². The van der Waals surface area contributed by atoms with Gasteiger partial charge < -0.3 is 20.3 Å². The first-order valence-corrected chi connectivity index (χ1v) is 9.74. The SMILES string of the molecule is CCC(C)NC(=NCC(=O)N(C)C)NCCCc1ccc(Br)cc1OC. The summed E-state index contributed by atoms with van der Waals surface area (Å²) in [5, 5.41) is 6.64. The van der Waals surface area contributed by atoms with E-state index in [1.807, 2.05) is 12.1 Å². The summed E-state index contributed by atoms with van der Waals surface area (Å²) >= 11 is 3.46. The molecule has 0 bridgehead atoms. The number of hydrogen-bond donors (Lipinski definition) is 2. The molecule has 0 saturated carbocycles. The van der Waals surface area contributed by atoms with Crippen LogP contribution in [0.2, 0.25) is 0 Å². The Bertz CT molecular complexity index is 605. The van der Waals surface area contributed by atoms with E-state index in [0.717, 1.165) is 36.0 Å². The monoisotopic (exact) mass is 426 g/mol. The third-order valence-corrected chi connectivity index (χ3v) is 4.52. The lowest BCUT2D eigenvalue weighted by Crippen LogP contribution is -2.43. The van der Waals surface area contributed by atoms with Crippen molar-refractivity contribution in [3.05, 3.63) is 28.2 Å². The maximum Gasteiger partial charge on any atom is 0.243 e. The van der Waals surface area contributed by atoms with E-state index in [-0.39, 0.29) is 12.5 Å². The van der Waals surface area contributed by atoms with Crippen molar-refractivity contribution < 1.29 is 9.53 Å². The van der Waals surface area contributed by atoms with Crippen molar-refractivity contribution in [2.24, 2.45) is 4.99 Å². The number of benzene rings is 1. The number of carbonyl (C=O) groups excluding carboxylic acids is 1. The fourth-order valence-corrected chi connectivity index (χ4v) is 2.53. The van der Waals surface area contributed by atoms with Crippen molar-refractivity contribution >= 4 is 27.8 Å². The number of methoxy groups -OCH3 is 1. The van der Waals surface area contributed by atoms with Crippen molar-refractivity contribution in [1.29, 1.82) is 0 Å². The van der Waals surface area contributed by atoms with Crippen molar-refractivity contribution in [3.8, 4) is 5.75 Å². The molecular weight excluding hydrogens is 396 g/mol. The molecule has 0 aliphatic heterocycles. The van der Waals surface area contributed by atoms with Gasteiger partial charge in [-0.05, 0) is 43.9 Å². The molecule has 0 aliphatic carbocycles. The first-order valence-electron chi connectivity index (χ1n) is 8.94. The van der Waals surface area contributed by atoms with Crippen LogP contribution in [0.3, 0.4) is 0 Å². The van der Waals surface area contributed by atoms with Gasteiger partial charge in [0.25, 0.3) is 0 Å². The lowest BCUT2D eigenvalue weighted by Gasteiger charge is -2.17. The largest absolute Gasteiger partial charge is 0.496 e. The number of hydrogen-bond acceptors (Lipinski definition) is 3. The highest BCUT2D eigenvalue weighted by atomic mass is 79.9. The minimum Gasteiger partial charge on any atom is -0.496 e. The van der Waals surface area contributed by atoms with Crippen LogP contribution in [-0.2, 0) is 11.2 Å². The molecule has 0 spiro atoms. The molecule has 0 saturated heterocycles. The maximum atomic E-state index is 11.8. The van der Waals surface area contributed by atoms with Gasteiger partial charge in [-0.15, -0.1) is 0 Å². The minimum atomic E-state index is -0.0187. The molecule has 0 aliphatic rings. The number of nitrogens with zero attached hydrogens (tertiary/aromatic N) is 2. The Morgan fingerprint density at radius 3 is 2.73 bits per heavy atom. The number of amides is 1. The molecule has 1 aromatic rings. The van der Waals surface area contributed by atoms with Crippen LogP contribution < -0.4 is 15.4 Å². The highest BCUT2D eigenvalue weighted by molar-refractivity contribution is 9.10. The average Bonchev–Trinajstić information content (AvgIpc) is 2.62. The van der Waals surface area contributed by atoms with Crippen LogP contribution in [0.1, 0.15) is 32.3 Å². The molecule has 1 rings (SSSR count). The van der Waals surface area contributed by atoms with Crippen molar-refractivity contribution in [2.75, 3.05) is 34.3 Å². The highest BCUT2D eigenvalue weighted by Crippen LogP contribution is 2.24. The molecule has 2 N–H and O–H groups in total. The predicted octanol–water partition coefficient (Wildman–Crippen LogP) is 2.81. The van der Waals surface area contributed by atoms with E-state index < -0.39 is 0 Å². The minimum absolute atomic E-state index is 0.0187. The summed E-state index contributed by atoms with van der Waals surface area (Å²) < 4.78 is 6.44. The Hall–Kier alpha value is -1.76. The molecule has 0 radical (unpaired) electrons. The Balaban J connectivity index is 2.57. The first kappa shape index (κ1) is 22.3. The fourth-order valence-electron chi connectivity index (χ4n) is 2.19. The summed E-state index contributed by atoms with van der Waals surface area (Å²) in [5.74, 6) is 1.55. The van der Waals surface area contributed by atoms with Crippen LogP contribution in [-0.4, -0.2) is 57.1 Å². The van der Waals surface area contributed by atoms with Crippen LogP contribution in [0, 0.1) is 0 Å². The van der Waals surface area contributed by atoms with Gasteiger partial charge in [0.15, 0.2) is 5.96 Å². The van der Waals surface area contributed by atoms with Crippen molar-refractivity contribution in [1.82, 2.24) is 15.5 Å². The number of aliphatic imine (C=N–C) groups is 1. The van der Waals surface area contributed by atoms with E-state index >= 15 is 0 Å². The predicted molar refractivity (Wildman–Crippen MR) is 111 cm³/mol. The Kier molecular flexibility index (Phi) is 10.1. The first-order chi connectivity index (χ1) is 12.4. The van der Waals surface area contributed by atoms with Crippen LogP contribution in [0.4, 0.5) is 0 Å². The van der Waals surface area contributed by atoms with Gasteiger partial charge in [0.05, 0.1) is 7.11 Å². The second-order valence-electron chi connectivity index (χ2n) is 6.39. The molecule has 0 fully saturated rings. The average molecular weight is 427 g/mol. The van der Waals surface area contributed by atoms with E-state index in [9.17, 15) is 4.79 Å². The zero-order chi connectivity index (χ0) is 19.5. The third kappa shape index (κ3) is 8.08. The number of guanidine groups is 1. The third-order valence-electron chi connectivity index (χ3n) is 4.03. The molecule has 1 aromatic carbocycles. The fraction of sp³-hybridized carbons (Fsp3) is 0.579. The summed E-state index contributed by atoms with van der Waals surface area (Å²) in [4.78, 5) is 17.7. The second-order valence-corrected chi connectivity index (χ2v) is 7.31. The summed E-state index contributed by atoms with van der Waals surface area (Å²) in [5.41, 5.74) is 1.17. The lowest BCUT2D eigenvalue weighted by atomic mass is 10.1. The van der Waals surface area contributed by atoms with E-state index in [1.165, 1.54) is 5.56 Å². The molecule has 1 amide bonds. The van der Waals surface area contributed by atoms with E-state index in [4.69, 9.17) is 4.74 Å². The molecule has 1 atom stereocenters. The van der Waals surface area contributed by atoms with Crippen molar-refractivity contribution in [2.45, 2.75) is 39.2 Å². The van der Waals surface area contributed by atoms with Gasteiger partial charge in [-0.25, -0.2) is 4.99 Å². The summed E-state index contributed by atoms with van der Waals surface area (Å²) in [7, 11) is 5.16. The number of likely N-dealkylation sites (N-methyl/N-ethyl adjacent to an activating group) is 1. The zero-order valence-corrected chi connectivity index (χ0v) is 18.0. The van der Waals surface area contributed by atoms with Crippen LogP contribution in [0.5, 0.6) is 5.75 Å². The summed E-state index contributed by atoms with van der Waals surface area (Å²) in [6.07, 6.45) is 2.82. The second kappa shape index (κ2) is 11.8. The number of aryl methyl sites for hydroxylation is 1. The Morgan fingerprint density at radius 1 is 1.38 bits per heavy atom. The topological polar surface area (TPSA) is 66.0 Å².